The van der Waals surface area contributed by atoms with Crippen molar-refractivity contribution < 1.29 is 0 Å². The molecule has 1 aromatic carbocycles. The van der Waals surface area contributed by atoms with E-state index in [9.17, 15) is 0 Å². The van der Waals surface area contributed by atoms with E-state index in [2.05, 4.69) is 48.0 Å². The summed E-state index contributed by atoms with van der Waals surface area (Å²) >= 11 is 6.43. The molecule has 0 saturated heterocycles. The number of likely N-dealkylation sites (N-methyl/N-ethyl adjacent to an activating group) is 1. The smallest absolute Gasteiger partial charge is 0.110 e. The molecule has 0 spiro atoms. The number of aromatic nitrogens is 1. The molecule has 2 aromatic rings. The van der Waals surface area contributed by atoms with Gasteiger partial charge in [-0.3, -0.25) is 4.90 Å². The minimum Gasteiger partial charge on any atom is -0.345 e. The molecule has 4 rings (SSSR count). The number of hydrogen-bond donors (Lipinski definition) is 1. The Morgan fingerprint density at radius 2 is 2.25 bits per heavy atom. The number of fused-ring (bicyclic) bond motifs is 2. The van der Waals surface area contributed by atoms with E-state index in [0.29, 0.717) is 12.0 Å². The van der Waals surface area contributed by atoms with Crippen molar-refractivity contribution in [3.63, 3.8) is 0 Å². The van der Waals surface area contributed by atoms with E-state index in [1.165, 1.54) is 27.6 Å². The lowest BCUT2D eigenvalue weighted by atomic mass is 9.76. The predicted octanol–water partition coefficient (Wildman–Crippen LogP) is 4.11. The molecule has 0 amide bonds. The Balaban J connectivity index is 1.97. The molecule has 0 fully saturated rings. The number of hydrogen-bond acceptors (Lipinski definition) is 1. The van der Waals surface area contributed by atoms with E-state index in [0.717, 1.165) is 24.7 Å². The van der Waals surface area contributed by atoms with Crippen molar-refractivity contribution in [2.75, 3.05) is 13.1 Å². The Kier molecular flexibility index (Phi) is 2.73. The number of halogens is 1. The zero-order chi connectivity index (χ0) is 13.9. The van der Waals surface area contributed by atoms with Gasteiger partial charge in [0.1, 0.15) is 5.15 Å². The van der Waals surface area contributed by atoms with E-state index in [4.69, 9.17) is 11.6 Å². The normalized spacial score (nSPS) is 25.6. The van der Waals surface area contributed by atoms with Crippen LogP contribution in [-0.4, -0.2) is 29.0 Å². The van der Waals surface area contributed by atoms with Crippen molar-refractivity contribution in [1.29, 1.82) is 0 Å². The summed E-state index contributed by atoms with van der Waals surface area (Å²) in [6.07, 6.45) is 3.52. The summed E-state index contributed by atoms with van der Waals surface area (Å²) < 4.78 is 0. The molecule has 0 radical (unpaired) electrons. The molecular weight excluding hydrogens is 268 g/mol. The van der Waals surface area contributed by atoms with Crippen LogP contribution in [-0.2, 0) is 6.42 Å². The molecule has 20 heavy (non-hydrogen) atoms. The van der Waals surface area contributed by atoms with Crippen LogP contribution in [0.2, 0.25) is 5.15 Å². The van der Waals surface area contributed by atoms with Gasteiger partial charge in [-0.2, -0.15) is 0 Å². The van der Waals surface area contributed by atoms with E-state index >= 15 is 0 Å². The Hall–Kier alpha value is -1.25. The van der Waals surface area contributed by atoms with Gasteiger partial charge in [0, 0.05) is 29.4 Å². The molecule has 1 aliphatic carbocycles. The monoisotopic (exact) mass is 286 g/mol. The molecular formula is C17H19ClN2. The summed E-state index contributed by atoms with van der Waals surface area (Å²) in [4.78, 5) is 5.93. The van der Waals surface area contributed by atoms with Crippen LogP contribution in [0, 0.1) is 0 Å². The highest BCUT2D eigenvalue weighted by Gasteiger charge is 2.36. The topological polar surface area (TPSA) is 19.0 Å². The van der Waals surface area contributed by atoms with Gasteiger partial charge in [-0.25, -0.2) is 0 Å². The molecule has 0 saturated carbocycles. The first-order chi connectivity index (χ1) is 9.69. The maximum absolute atomic E-state index is 6.43. The molecule has 3 heteroatoms. The number of benzene rings is 1. The van der Waals surface area contributed by atoms with Gasteiger partial charge in [-0.05, 0) is 37.1 Å². The van der Waals surface area contributed by atoms with Gasteiger partial charge in [-0.1, -0.05) is 42.3 Å². The van der Waals surface area contributed by atoms with Crippen LogP contribution < -0.4 is 0 Å². The lowest BCUT2D eigenvalue weighted by Crippen LogP contribution is -2.45. The molecule has 1 aromatic heterocycles. The molecule has 2 atom stereocenters. The minimum atomic E-state index is 0.506. The first-order valence-corrected chi connectivity index (χ1v) is 7.77. The number of H-pyrrole nitrogens is 1. The molecule has 1 aliphatic heterocycles. The average molecular weight is 287 g/mol. The second-order valence-corrected chi connectivity index (χ2v) is 6.44. The Morgan fingerprint density at radius 3 is 3.05 bits per heavy atom. The molecule has 2 heterocycles. The highest BCUT2D eigenvalue weighted by Crippen LogP contribution is 2.44. The average Bonchev–Trinajstić information content (AvgIpc) is 2.77. The van der Waals surface area contributed by atoms with Crippen LogP contribution in [0.3, 0.4) is 0 Å². The van der Waals surface area contributed by atoms with E-state index < -0.39 is 0 Å². The third kappa shape index (κ3) is 1.61. The van der Waals surface area contributed by atoms with Crippen LogP contribution >= 0.6 is 11.6 Å². The number of nitrogens with one attached hydrogen (secondary N) is 1. The van der Waals surface area contributed by atoms with Gasteiger partial charge in [0.2, 0.25) is 0 Å². The molecule has 104 valence electrons. The quantitative estimate of drug-likeness (QED) is 0.782. The fraction of sp³-hybridized carbons (Fsp3) is 0.412. The van der Waals surface area contributed by atoms with Crippen molar-refractivity contribution in [2.24, 2.45) is 0 Å². The Morgan fingerprint density at radius 1 is 1.40 bits per heavy atom. The zero-order valence-electron chi connectivity index (χ0n) is 11.9. The fourth-order valence-electron chi connectivity index (χ4n) is 4.03. The standard InChI is InChI=1S/C17H19ClN2/c1-3-20-9-10(2)7-12-11-5-4-6-14-16(11)13(8-15(12)20)17(18)19-14/h4-7,12,15,19H,3,8-9H2,1-2H3/t12-,15-/m1/s1. The maximum atomic E-state index is 6.43. The van der Waals surface area contributed by atoms with Gasteiger partial charge in [-0.15, -0.1) is 0 Å². The summed E-state index contributed by atoms with van der Waals surface area (Å²) in [7, 11) is 0. The van der Waals surface area contributed by atoms with Gasteiger partial charge in [0.15, 0.2) is 0 Å². The number of rotatable bonds is 1. The van der Waals surface area contributed by atoms with E-state index in [1.807, 2.05) is 0 Å². The maximum Gasteiger partial charge on any atom is 0.110 e. The van der Waals surface area contributed by atoms with Crippen LogP contribution in [0.25, 0.3) is 10.9 Å². The molecule has 0 bridgehead atoms. The molecule has 0 unspecified atom stereocenters. The van der Waals surface area contributed by atoms with Crippen LogP contribution in [0.1, 0.15) is 30.9 Å². The van der Waals surface area contributed by atoms with Gasteiger partial charge >= 0.3 is 0 Å². The third-order valence-electron chi connectivity index (χ3n) is 4.89. The number of nitrogens with zero attached hydrogens (tertiary/aromatic N) is 1. The van der Waals surface area contributed by atoms with E-state index in [-0.39, 0.29) is 0 Å². The highest BCUT2D eigenvalue weighted by atomic mass is 35.5. The fourth-order valence-corrected chi connectivity index (χ4v) is 4.30. The van der Waals surface area contributed by atoms with Crippen molar-refractivity contribution in [3.05, 3.63) is 46.1 Å². The summed E-state index contributed by atoms with van der Waals surface area (Å²) in [6, 6.07) is 7.10. The van der Waals surface area contributed by atoms with Crippen molar-refractivity contribution >= 4 is 22.5 Å². The molecule has 2 aliphatic rings. The predicted molar refractivity (Wildman–Crippen MR) is 84.5 cm³/mol. The SMILES string of the molecule is CCN1CC(C)=C[C@@H]2c3cccc4[nH]c(Cl)c(c34)C[C@H]21. The zero-order valence-corrected chi connectivity index (χ0v) is 12.7. The first kappa shape index (κ1) is 12.5. The van der Waals surface area contributed by atoms with Crippen molar-refractivity contribution in [2.45, 2.75) is 32.2 Å². The van der Waals surface area contributed by atoms with E-state index in [1.54, 1.807) is 0 Å². The van der Waals surface area contributed by atoms with Crippen LogP contribution in [0.4, 0.5) is 0 Å². The summed E-state index contributed by atoms with van der Waals surface area (Å²) in [5, 5.41) is 2.19. The summed E-state index contributed by atoms with van der Waals surface area (Å²) in [6.45, 7) is 6.69. The second-order valence-electron chi connectivity index (χ2n) is 6.06. The van der Waals surface area contributed by atoms with Crippen molar-refractivity contribution in [1.82, 2.24) is 9.88 Å². The van der Waals surface area contributed by atoms with Crippen molar-refractivity contribution in [3.8, 4) is 0 Å². The Labute approximate surface area is 124 Å². The summed E-state index contributed by atoms with van der Waals surface area (Å²) in [5.74, 6) is 0.506. The second kappa shape index (κ2) is 4.37. The third-order valence-corrected chi connectivity index (χ3v) is 5.21. The van der Waals surface area contributed by atoms with Gasteiger partial charge < -0.3 is 4.98 Å². The van der Waals surface area contributed by atoms with Crippen LogP contribution in [0.15, 0.2) is 29.8 Å². The lowest BCUT2D eigenvalue weighted by Gasteiger charge is -2.42. The lowest BCUT2D eigenvalue weighted by molar-refractivity contribution is 0.191. The minimum absolute atomic E-state index is 0.506. The number of aromatic amines is 1. The van der Waals surface area contributed by atoms with Gasteiger partial charge in [0.25, 0.3) is 0 Å². The largest absolute Gasteiger partial charge is 0.345 e. The van der Waals surface area contributed by atoms with Crippen LogP contribution in [0.5, 0.6) is 0 Å². The first-order valence-electron chi connectivity index (χ1n) is 7.39. The molecule has 1 N–H and O–H groups in total. The Bertz CT molecular complexity index is 713. The molecule has 2 nitrogen and oxygen atoms in total. The highest BCUT2D eigenvalue weighted by molar-refractivity contribution is 6.32. The summed E-state index contributed by atoms with van der Waals surface area (Å²) in [5.41, 5.74) is 5.41. The van der Waals surface area contributed by atoms with Gasteiger partial charge in [0.05, 0.1) is 0 Å².